The first kappa shape index (κ1) is 13.8. The van der Waals surface area contributed by atoms with E-state index in [4.69, 9.17) is 11.6 Å². The number of pyridine rings is 1. The maximum Gasteiger partial charge on any atom is 0.180 e. The zero-order chi connectivity index (χ0) is 13.7. The van der Waals surface area contributed by atoms with Gasteiger partial charge in [0.25, 0.3) is 0 Å². The largest absolute Gasteiger partial charge is 0.383 e. The molecule has 1 N–H and O–H groups in total. The molecule has 100 valence electrons. The second-order valence-electron chi connectivity index (χ2n) is 3.91. The minimum Gasteiger partial charge on any atom is -0.383 e. The minimum atomic E-state index is -3.26. The van der Waals surface area contributed by atoms with Gasteiger partial charge >= 0.3 is 0 Å². The highest BCUT2D eigenvalue weighted by atomic mass is 35.5. The number of aromatic nitrogens is 1. The van der Waals surface area contributed by atoms with Gasteiger partial charge in [0.1, 0.15) is 0 Å². The number of nitrogens with one attached hydrogen (secondary N) is 1. The van der Waals surface area contributed by atoms with Gasteiger partial charge in [-0.15, -0.1) is 0 Å². The molecule has 4 nitrogen and oxygen atoms in total. The second-order valence-corrected chi connectivity index (χ2v) is 6.43. The molecule has 0 atom stereocenters. The van der Waals surface area contributed by atoms with E-state index < -0.39 is 9.84 Å². The van der Waals surface area contributed by atoms with Gasteiger partial charge in [-0.3, -0.25) is 4.98 Å². The summed E-state index contributed by atoms with van der Waals surface area (Å²) in [5, 5.41) is 3.46. The van der Waals surface area contributed by atoms with Crippen LogP contribution in [-0.4, -0.2) is 25.7 Å². The molecule has 2 rings (SSSR count). The van der Waals surface area contributed by atoms with Crippen molar-refractivity contribution < 1.29 is 8.42 Å². The molecule has 0 unspecified atom stereocenters. The molecule has 0 aliphatic carbocycles. The molecule has 0 bridgehead atoms. The van der Waals surface area contributed by atoms with Gasteiger partial charge in [0, 0.05) is 18.9 Å². The molecule has 1 aromatic heterocycles. The lowest BCUT2D eigenvalue weighted by molar-refractivity contribution is 0.596. The monoisotopic (exact) mass is 296 g/mol. The van der Waals surface area contributed by atoms with Crippen molar-refractivity contribution in [2.75, 3.05) is 17.6 Å². The number of halogens is 1. The second kappa shape index (κ2) is 6.04. The maximum absolute atomic E-state index is 12.0. The van der Waals surface area contributed by atoms with E-state index in [0.717, 1.165) is 0 Å². The van der Waals surface area contributed by atoms with Crippen molar-refractivity contribution in [3.8, 4) is 0 Å². The molecule has 0 saturated carbocycles. The third kappa shape index (κ3) is 3.68. The van der Waals surface area contributed by atoms with Crippen molar-refractivity contribution in [1.82, 2.24) is 4.98 Å². The summed E-state index contributed by atoms with van der Waals surface area (Å²) < 4.78 is 24.0. The number of benzene rings is 1. The van der Waals surface area contributed by atoms with Crippen molar-refractivity contribution in [1.29, 1.82) is 0 Å². The standard InChI is InChI=1S/C13H13ClN2O2S/c14-12-10-15-7-6-13(12)16-8-9-19(17,18)11-4-2-1-3-5-11/h1-7,10H,8-9H2,(H,15,16). The molecule has 0 radical (unpaired) electrons. The van der Waals surface area contributed by atoms with E-state index >= 15 is 0 Å². The van der Waals surface area contributed by atoms with Gasteiger partial charge < -0.3 is 5.32 Å². The van der Waals surface area contributed by atoms with Crippen LogP contribution in [0.5, 0.6) is 0 Å². The summed E-state index contributed by atoms with van der Waals surface area (Å²) in [5.74, 6) is 0.00959. The summed E-state index contributed by atoms with van der Waals surface area (Å²) >= 11 is 5.92. The van der Waals surface area contributed by atoms with Gasteiger partial charge in [-0.25, -0.2) is 8.42 Å². The van der Waals surface area contributed by atoms with Crippen LogP contribution in [0, 0.1) is 0 Å². The Kier molecular flexibility index (Phi) is 4.39. The van der Waals surface area contributed by atoms with Crippen molar-refractivity contribution in [2.24, 2.45) is 0 Å². The van der Waals surface area contributed by atoms with E-state index in [2.05, 4.69) is 10.3 Å². The van der Waals surface area contributed by atoms with Crippen LogP contribution in [0.25, 0.3) is 0 Å². The summed E-state index contributed by atoms with van der Waals surface area (Å²) in [4.78, 5) is 4.19. The van der Waals surface area contributed by atoms with Crippen LogP contribution in [0.1, 0.15) is 0 Å². The molecule has 1 aromatic carbocycles. The van der Waals surface area contributed by atoms with E-state index in [-0.39, 0.29) is 5.75 Å². The van der Waals surface area contributed by atoms with Gasteiger partial charge in [0.15, 0.2) is 9.84 Å². The normalized spacial score (nSPS) is 11.2. The lowest BCUT2D eigenvalue weighted by atomic mass is 10.4. The SMILES string of the molecule is O=S(=O)(CCNc1ccncc1Cl)c1ccccc1. The van der Waals surface area contributed by atoms with Crippen LogP contribution in [0.3, 0.4) is 0 Å². The predicted molar refractivity (Wildman–Crippen MR) is 76.2 cm³/mol. The minimum absolute atomic E-state index is 0.00959. The summed E-state index contributed by atoms with van der Waals surface area (Å²) in [5.41, 5.74) is 0.680. The first-order valence-corrected chi connectivity index (χ1v) is 7.74. The Hall–Kier alpha value is -1.59. The number of anilines is 1. The molecule has 2 aromatic rings. The van der Waals surface area contributed by atoms with E-state index in [1.807, 2.05) is 0 Å². The molecular formula is C13H13ClN2O2S. The van der Waals surface area contributed by atoms with E-state index in [1.165, 1.54) is 6.20 Å². The Labute approximate surface area is 117 Å². The van der Waals surface area contributed by atoms with Gasteiger partial charge in [0.05, 0.1) is 21.4 Å². The zero-order valence-electron chi connectivity index (χ0n) is 10.1. The Morgan fingerprint density at radius 2 is 1.89 bits per heavy atom. The molecule has 19 heavy (non-hydrogen) atoms. The van der Waals surface area contributed by atoms with Crippen LogP contribution in [0.2, 0.25) is 5.02 Å². The summed E-state index contributed by atoms with van der Waals surface area (Å²) in [6.45, 7) is 0.293. The number of hydrogen-bond acceptors (Lipinski definition) is 4. The van der Waals surface area contributed by atoms with Gasteiger partial charge in [-0.05, 0) is 18.2 Å². The Morgan fingerprint density at radius 3 is 2.58 bits per heavy atom. The van der Waals surface area contributed by atoms with Crippen molar-refractivity contribution >= 4 is 27.1 Å². The maximum atomic E-state index is 12.0. The lowest BCUT2D eigenvalue weighted by Gasteiger charge is -2.08. The summed E-state index contributed by atoms with van der Waals surface area (Å²) in [6, 6.07) is 10.1. The molecule has 0 aliphatic rings. The predicted octanol–water partition coefficient (Wildman–Crippen LogP) is 2.62. The Bertz CT molecular complexity index is 645. The van der Waals surface area contributed by atoms with Gasteiger partial charge in [-0.2, -0.15) is 0 Å². The first-order valence-electron chi connectivity index (χ1n) is 5.71. The van der Waals surface area contributed by atoms with E-state index in [0.29, 0.717) is 22.2 Å². The molecule has 1 heterocycles. The van der Waals surface area contributed by atoms with Crippen LogP contribution in [0.4, 0.5) is 5.69 Å². The zero-order valence-corrected chi connectivity index (χ0v) is 11.7. The molecule has 0 aliphatic heterocycles. The number of sulfone groups is 1. The average Bonchev–Trinajstić information content (AvgIpc) is 2.42. The van der Waals surface area contributed by atoms with Gasteiger partial charge in [-0.1, -0.05) is 29.8 Å². The Balaban J connectivity index is 1.98. The van der Waals surface area contributed by atoms with Crippen LogP contribution < -0.4 is 5.32 Å². The van der Waals surface area contributed by atoms with Crippen molar-refractivity contribution in [2.45, 2.75) is 4.90 Å². The van der Waals surface area contributed by atoms with Crippen molar-refractivity contribution in [3.63, 3.8) is 0 Å². The number of hydrogen-bond donors (Lipinski definition) is 1. The van der Waals surface area contributed by atoms with Crippen LogP contribution in [-0.2, 0) is 9.84 Å². The molecule has 6 heteroatoms. The lowest BCUT2D eigenvalue weighted by Crippen LogP contribution is -2.16. The highest BCUT2D eigenvalue weighted by Gasteiger charge is 2.13. The number of nitrogens with zero attached hydrogens (tertiary/aromatic N) is 1. The quantitative estimate of drug-likeness (QED) is 0.921. The van der Waals surface area contributed by atoms with Gasteiger partial charge in [0.2, 0.25) is 0 Å². The number of rotatable bonds is 5. The van der Waals surface area contributed by atoms with Crippen LogP contribution in [0.15, 0.2) is 53.7 Å². The molecule has 0 spiro atoms. The highest BCUT2D eigenvalue weighted by molar-refractivity contribution is 7.91. The molecular weight excluding hydrogens is 284 g/mol. The highest BCUT2D eigenvalue weighted by Crippen LogP contribution is 2.19. The van der Waals surface area contributed by atoms with E-state index in [9.17, 15) is 8.42 Å². The van der Waals surface area contributed by atoms with Crippen LogP contribution >= 0.6 is 11.6 Å². The van der Waals surface area contributed by atoms with Crippen molar-refractivity contribution in [3.05, 3.63) is 53.8 Å². The smallest absolute Gasteiger partial charge is 0.180 e. The first-order chi connectivity index (χ1) is 9.09. The Morgan fingerprint density at radius 1 is 1.16 bits per heavy atom. The third-order valence-corrected chi connectivity index (χ3v) is 4.59. The average molecular weight is 297 g/mol. The molecule has 0 saturated heterocycles. The fraction of sp³-hybridized carbons (Fsp3) is 0.154. The molecule has 0 fully saturated rings. The van der Waals surface area contributed by atoms with E-state index in [1.54, 1.807) is 42.6 Å². The summed E-state index contributed by atoms with van der Waals surface area (Å²) in [7, 11) is -3.26. The fourth-order valence-corrected chi connectivity index (χ4v) is 2.95. The topological polar surface area (TPSA) is 59.1 Å². The summed E-state index contributed by atoms with van der Waals surface area (Å²) in [6.07, 6.45) is 3.11. The fourth-order valence-electron chi connectivity index (χ4n) is 1.58. The molecule has 0 amide bonds. The third-order valence-electron chi connectivity index (χ3n) is 2.56.